The highest BCUT2D eigenvalue weighted by Crippen LogP contribution is 2.32. The monoisotopic (exact) mass is 252 g/mol. The van der Waals surface area contributed by atoms with E-state index in [4.69, 9.17) is 28.3 Å². The van der Waals surface area contributed by atoms with Crippen LogP contribution >= 0.6 is 34.5 Å². The van der Waals surface area contributed by atoms with E-state index >= 15 is 0 Å². The summed E-state index contributed by atoms with van der Waals surface area (Å²) in [5, 5.41) is 8.42. The number of hydrogen-bond acceptors (Lipinski definition) is 2. The van der Waals surface area contributed by atoms with Gasteiger partial charge in [-0.05, 0) is 30.9 Å². The van der Waals surface area contributed by atoms with Crippen LogP contribution in [0.2, 0.25) is 8.67 Å². The molecule has 1 N–H and O–H groups in total. The molecular formula is C9H10Cl2O2S. The van der Waals surface area contributed by atoms with Crippen LogP contribution in [0.25, 0.3) is 0 Å². The molecule has 14 heavy (non-hydrogen) atoms. The fourth-order valence-electron chi connectivity index (χ4n) is 1.14. The molecule has 0 amide bonds. The van der Waals surface area contributed by atoms with Crippen molar-refractivity contribution in [3.8, 4) is 0 Å². The Hall–Kier alpha value is -0.250. The van der Waals surface area contributed by atoms with Crippen LogP contribution in [0.1, 0.15) is 24.8 Å². The van der Waals surface area contributed by atoms with Gasteiger partial charge in [0.1, 0.15) is 0 Å². The van der Waals surface area contributed by atoms with Crippen LogP contribution in [0, 0.1) is 0 Å². The van der Waals surface area contributed by atoms with E-state index in [2.05, 4.69) is 0 Å². The Bertz CT molecular complexity index is 323. The molecule has 0 fully saturated rings. The smallest absolute Gasteiger partial charge is 0.303 e. The number of carbonyl (C=O) groups is 1. The molecule has 0 bridgehead atoms. The van der Waals surface area contributed by atoms with Gasteiger partial charge in [-0.25, -0.2) is 0 Å². The Labute approximate surface area is 96.5 Å². The summed E-state index contributed by atoms with van der Waals surface area (Å²) >= 11 is 13.0. The molecule has 5 heteroatoms. The van der Waals surface area contributed by atoms with Gasteiger partial charge < -0.3 is 5.11 Å². The fourth-order valence-corrected chi connectivity index (χ4v) is 2.68. The molecule has 0 aliphatic rings. The molecular weight excluding hydrogens is 243 g/mol. The van der Waals surface area contributed by atoms with E-state index in [1.807, 2.05) is 6.07 Å². The van der Waals surface area contributed by atoms with Gasteiger partial charge >= 0.3 is 5.97 Å². The van der Waals surface area contributed by atoms with Crippen LogP contribution in [0.5, 0.6) is 0 Å². The van der Waals surface area contributed by atoms with Crippen molar-refractivity contribution in [3.05, 3.63) is 20.3 Å². The zero-order chi connectivity index (χ0) is 10.6. The number of aryl methyl sites for hydroxylation is 1. The Balaban J connectivity index is 2.31. The molecule has 0 radical (unpaired) electrons. The number of halogens is 2. The topological polar surface area (TPSA) is 37.3 Å². The van der Waals surface area contributed by atoms with Gasteiger partial charge in [-0.15, -0.1) is 11.3 Å². The van der Waals surface area contributed by atoms with Gasteiger partial charge in [-0.1, -0.05) is 23.2 Å². The van der Waals surface area contributed by atoms with Crippen LogP contribution < -0.4 is 0 Å². The van der Waals surface area contributed by atoms with Crippen molar-refractivity contribution >= 4 is 40.5 Å². The quantitative estimate of drug-likeness (QED) is 0.809. The minimum absolute atomic E-state index is 0.218. The van der Waals surface area contributed by atoms with Gasteiger partial charge in [0, 0.05) is 6.42 Å². The second kappa shape index (κ2) is 5.59. The Morgan fingerprint density at radius 3 is 2.64 bits per heavy atom. The number of thiophene rings is 1. The van der Waals surface area contributed by atoms with Gasteiger partial charge in [-0.2, -0.15) is 0 Å². The van der Waals surface area contributed by atoms with Crippen molar-refractivity contribution < 1.29 is 9.90 Å². The van der Waals surface area contributed by atoms with Crippen molar-refractivity contribution in [2.75, 3.05) is 0 Å². The molecule has 0 aliphatic carbocycles. The van der Waals surface area contributed by atoms with E-state index in [9.17, 15) is 4.79 Å². The third kappa shape index (κ3) is 3.86. The standard InChI is InChI=1S/C9H10Cl2O2S/c10-7-5-6(9(11)14-7)3-1-2-4-8(12)13/h5H,1-4H2,(H,12,13). The lowest BCUT2D eigenvalue weighted by Crippen LogP contribution is -1.94. The number of rotatable bonds is 5. The molecule has 0 saturated heterocycles. The van der Waals surface area contributed by atoms with Crippen LogP contribution in [0.3, 0.4) is 0 Å². The molecule has 0 aromatic carbocycles. The fraction of sp³-hybridized carbons (Fsp3) is 0.444. The summed E-state index contributed by atoms with van der Waals surface area (Å²) in [7, 11) is 0. The zero-order valence-corrected chi connectivity index (χ0v) is 9.75. The Kier molecular flexibility index (Phi) is 4.72. The average Bonchev–Trinajstić information content (AvgIpc) is 2.39. The summed E-state index contributed by atoms with van der Waals surface area (Å²) in [6.45, 7) is 0. The van der Waals surface area contributed by atoms with Crippen molar-refractivity contribution in [3.63, 3.8) is 0 Å². The van der Waals surface area contributed by atoms with E-state index in [-0.39, 0.29) is 6.42 Å². The Morgan fingerprint density at radius 1 is 1.43 bits per heavy atom. The first-order valence-corrected chi connectivity index (χ1v) is 5.82. The highest BCUT2D eigenvalue weighted by Gasteiger charge is 2.05. The van der Waals surface area contributed by atoms with Crippen molar-refractivity contribution in [1.29, 1.82) is 0 Å². The molecule has 78 valence electrons. The lowest BCUT2D eigenvalue weighted by Gasteiger charge is -1.97. The van der Waals surface area contributed by atoms with E-state index < -0.39 is 5.97 Å². The van der Waals surface area contributed by atoms with Crippen LogP contribution in [-0.2, 0) is 11.2 Å². The third-order valence-corrected chi connectivity index (χ3v) is 3.38. The zero-order valence-electron chi connectivity index (χ0n) is 7.43. The molecule has 0 saturated carbocycles. The van der Waals surface area contributed by atoms with Crippen LogP contribution in [-0.4, -0.2) is 11.1 Å². The number of aliphatic carboxylic acids is 1. The van der Waals surface area contributed by atoms with E-state index in [0.29, 0.717) is 15.1 Å². The minimum Gasteiger partial charge on any atom is -0.481 e. The predicted molar refractivity (Wildman–Crippen MR) is 59.5 cm³/mol. The second-order valence-electron chi connectivity index (χ2n) is 2.95. The van der Waals surface area contributed by atoms with E-state index in [1.54, 1.807) is 0 Å². The third-order valence-electron chi connectivity index (χ3n) is 1.81. The normalized spacial score (nSPS) is 10.4. The first-order valence-electron chi connectivity index (χ1n) is 4.25. The van der Waals surface area contributed by atoms with Crippen LogP contribution in [0.15, 0.2) is 6.07 Å². The van der Waals surface area contributed by atoms with Crippen molar-refractivity contribution in [2.24, 2.45) is 0 Å². The first kappa shape index (κ1) is 11.8. The highest BCUT2D eigenvalue weighted by molar-refractivity contribution is 7.20. The largest absolute Gasteiger partial charge is 0.481 e. The molecule has 1 aromatic rings. The van der Waals surface area contributed by atoms with E-state index in [0.717, 1.165) is 18.4 Å². The molecule has 0 aliphatic heterocycles. The Morgan fingerprint density at radius 2 is 2.14 bits per heavy atom. The number of unbranched alkanes of at least 4 members (excludes halogenated alkanes) is 1. The minimum atomic E-state index is -0.751. The van der Waals surface area contributed by atoms with Crippen molar-refractivity contribution in [2.45, 2.75) is 25.7 Å². The summed E-state index contributed by atoms with van der Waals surface area (Å²) in [6, 6.07) is 1.84. The summed E-state index contributed by atoms with van der Waals surface area (Å²) in [4.78, 5) is 10.2. The molecule has 0 unspecified atom stereocenters. The molecule has 1 aromatic heterocycles. The molecule has 0 atom stereocenters. The first-order chi connectivity index (χ1) is 6.59. The summed E-state index contributed by atoms with van der Waals surface area (Å²) in [5.74, 6) is -0.751. The predicted octanol–water partition coefficient (Wildman–Crippen LogP) is 3.85. The number of carboxylic acid groups (broad SMARTS) is 1. The van der Waals surface area contributed by atoms with Gasteiger partial charge in [0.2, 0.25) is 0 Å². The molecule has 2 nitrogen and oxygen atoms in total. The second-order valence-corrected chi connectivity index (χ2v) is 5.24. The van der Waals surface area contributed by atoms with Crippen LogP contribution in [0.4, 0.5) is 0 Å². The maximum atomic E-state index is 10.2. The van der Waals surface area contributed by atoms with Gasteiger partial charge in [0.25, 0.3) is 0 Å². The maximum absolute atomic E-state index is 10.2. The summed E-state index contributed by atoms with van der Waals surface area (Å²) in [6.07, 6.45) is 2.53. The average molecular weight is 253 g/mol. The lowest BCUT2D eigenvalue weighted by molar-refractivity contribution is -0.137. The highest BCUT2D eigenvalue weighted by atomic mass is 35.5. The van der Waals surface area contributed by atoms with E-state index in [1.165, 1.54) is 11.3 Å². The molecule has 1 heterocycles. The summed E-state index contributed by atoms with van der Waals surface area (Å²) < 4.78 is 1.40. The maximum Gasteiger partial charge on any atom is 0.303 e. The molecule has 0 spiro atoms. The van der Waals surface area contributed by atoms with Crippen molar-refractivity contribution in [1.82, 2.24) is 0 Å². The molecule has 1 rings (SSSR count). The van der Waals surface area contributed by atoms with Gasteiger partial charge in [0.15, 0.2) is 0 Å². The number of carboxylic acids is 1. The van der Waals surface area contributed by atoms with Gasteiger partial charge in [-0.3, -0.25) is 4.79 Å². The SMILES string of the molecule is O=C(O)CCCCc1cc(Cl)sc1Cl. The van der Waals surface area contributed by atoms with Gasteiger partial charge in [0.05, 0.1) is 8.67 Å². The lowest BCUT2D eigenvalue weighted by atomic mass is 10.1. The number of hydrogen-bond donors (Lipinski definition) is 1. The summed E-state index contributed by atoms with van der Waals surface area (Å²) in [5.41, 5.74) is 1.02.